The predicted molar refractivity (Wildman–Crippen MR) is 94.6 cm³/mol. The van der Waals surface area contributed by atoms with Crippen LogP contribution in [-0.4, -0.2) is 36.4 Å². The molecule has 0 aromatic heterocycles. The van der Waals surface area contributed by atoms with E-state index in [0.717, 1.165) is 0 Å². The molecule has 0 spiro atoms. The summed E-state index contributed by atoms with van der Waals surface area (Å²) in [5.41, 5.74) is 7.15. The third-order valence-corrected chi connectivity index (χ3v) is 3.62. The van der Waals surface area contributed by atoms with Crippen molar-refractivity contribution in [2.75, 3.05) is 23.8 Å². The van der Waals surface area contributed by atoms with E-state index < -0.39 is 18.2 Å². The summed E-state index contributed by atoms with van der Waals surface area (Å²) in [5.74, 6) is -0.479. The second-order valence-corrected chi connectivity index (χ2v) is 5.35. The Kier molecular flexibility index (Phi) is 5.71. The van der Waals surface area contributed by atoms with E-state index in [9.17, 15) is 9.59 Å². The van der Waals surface area contributed by atoms with Gasteiger partial charge >= 0.3 is 12.1 Å². The Labute approximate surface area is 150 Å². The summed E-state index contributed by atoms with van der Waals surface area (Å²) in [5, 5.41) is 8.85. The molecule has 25 heavy (non-hydrogen) atoms. The number of aromatic carboxylic acids is 1. The number of amides is 1. The Morgan fingerprint density at radius 3 is 2.44 bits per heavy atom. The number of nitrogen functional groups attached to an aromatic ring is 1. The minimum absolute atomic E-state index is 0. The first-order valence-corrected chi connectivity index (χ1v) is 7.33. The minimum Gasteiger partial charge on any atom is -0.490 e. The lowest BCUT2D eigenvalue weighted by molar-refractivity contribution is 0.0696. The summed E-state index contributed by atoms with van der Waals surface area (Å²) in [6.45, 7) is 0.555. The zero-order valence-corrected chi connectivity index (χ0v) is 13.9. The molecule has 7 nitrogen and oxygen atoms in total. The van der Waals surface area contributed by atoms with Crippen LogP contribution in [0, 0.1) is 0 Å². The summed E-state index contributed by atoms with van der Waals surface area (Å²) in [6.07, 6.45) is -0.844. The maximum absolute atomic E-state index is 12.0. The maximum atomic E-state index is 12.0. The minimum atomic E-state index is -0.995. The average Bonchev–Trinajstić information content (AvgIpc) is 2.95. The topological polar surface area (TPSA) is 102 Å². The number of carbonyl (C=O) groups is 2. The third kappa shape index (κ3) is 4.33. The highest BCUT2D eigenvalue weighted by atomic mass is 35.5. The van der Waals surface area contributed by atoms with Gasteiger partial charge in [0.2, 0.25) is 0 Å². The fourth-order valence-electron chi connectivity index (χ4n) is 2.36. The molecule has 1 aliphatic heterocycles. The first-order chi connectivity index (χ1) is 11.5. The SMILES string of the molecule is Cl.Nc1ccc(N2CC(COc3ccc(C(=O)O)cc3)OC2=O)cc1. The van der Waals surface area contributed by atoms with Gasteiger partial charge in [-0.15, -0.1) is 12.4 Å². The van der Waals surface area contributed by atoms with Crippen LogP contribution in [-0.2, 0) is 4.74 Å². The average molecular weight is 365 g/mol. The van der Waals surface area contributed by atoms with Gasteiger partial charge in [-0.3, -0.25) is 4.90 Å². The molecule has 0 radical (unpaired) electrons. The van der Waals surface area contributed by atoms with E-state index in [4.69, 9.17) is 20.3 Å². The summed E-state index contributed by atoms with van der Waals surface area (Å²) in [7, 11) is 0. The van der Waals surface area contributed by atoms with Crippen LogP contribution in [0.1, 0.15) is 10.4 Å². The quantitative estimate of drug-likeness (QED) is 0.791. The fraction of sp³-hybridized carbons (Fsp3) is 0.176. The van der Waals surface area contributed by atoms with E-state index in [-0.39, 0.29) is 24.6 Å². The third-order valence-electron chi connectivity index (χ3n) is 3.62. The predicted octanol–water partition coefficient (Wildman–Crippen LogP) is 2.79. The van der Waals surface area contributed by atoms with E-state index in [2.05, 4.69) is 0 Å². The standard InChI is InChI=1S/C17H16N2O5.ClH/c18-12-3-5-13(6-4-12)19-9-15(24-17(19)22)10-23-14-7-1-11(2-8-14)16(20)21;/h1-8,15H,9-10,18H2,(H,20,21);1H. The second-order valence-electron chi connectivity index (χ2n) is 5.35. The molecule has 1 saturated heterocycles. The number of carbonyl (C=O) groups excluding carboxylic acids is 1. The van der Waals surface area contributed by atoms with Crippen LogP contribution < -0.4 is 15.4 Å². The van der Waals surface area contributed by atoms with Gasteiger partial charge in [0.25, 0.3) is 0 Å². The highest BCUT2D eigenvalue weighted by molar-refractivity contribution is 5.90. The number of nitrogens with two attached hydrogens (primary N) is 1. The van der Waals surface area contributed by atoms with Gasteiger partial charge in [-0.2, -0.15) is 0 Å². The highest BCUT2D eigenvalue weighted by Gasteiger charge is 2.32. The summed E-state index contributed by atoms with van der Waals surface area (Å²) in [4.78, 5) is 24.3. The number of ether oxygens (including phenoxy) is 2. The Balaban J connectivity index is 0.00000225. The summed E-state index contributed by atoms with van der Waals surface area (Å²) in [6, 6.07) is 13.0. The van der Waals surface area contributed by atoms with Crippen LogP contribution in [0.3, 0.4) is 0 Å². The van der Waals surface area contributed by atoms with Crippen molar-refractivity contribution < 1.29 is 24.2 Å². The lowest BCUT2D eigenvalue weighted by Crippen LogP contribution is -2.26. The van der Waals surface area contributed by atoms with Crippen LogP contribution in [0.5, 0.6) is 5.75 Å². The van der Waals surface area contributed by atoms with Crippen molar-refractivity contribution in [1.29, 1.82) is 0 Å². The molecule has 0 bridgehead atoms. The van der Waals surface area contributed by atoms with Gasteiger partial charge in [0, 0.05) is 11.4 Å². The molecule has 2 aromatic rings. The van der Waals surface area contributed by atoms with Gasteiger partial charge in [-0.1, -0.05) is 0 Å². The largest absolute Gasteiger partial charge is 0.490 e. The normalized spacial score (nSPS) is 16.1. The van der Waals surface area contributed by atoms with E-state index in [1.807, 2.05) is 0 Å². The van der Waals surface area contributed by atoms with Crippen LogP contribution in [0.2, 0.25) is 0 Å². The van der Waals surface area contributed by atoms with Crippen molar-refractivity contribution >= 4 is 35.8 Å². The first kappa shape index (κ1) is 18.4. The van der Waals surface area contributed by atoms with Gasteiger partial charge in [0.05, 0.1) is 12.1 Å². The van der Waals surface area contributed by atoms with Gasteiger partial charge in [-0.05, 0) is 48.5 Å². The number of benzene rings is 2. The zero-order chi connectivity index (χ0) is 17.1. The summed E-state index contributed by atoms with van der Waals surface area (Å²) >= 11 is 0. The Bertz CT molecular complexity index is 749. The molecule has 1 amide bonds. The molecule has 1 unspecified atom stereocenters. The van der Waals surface area contributed by atoms with Gasteiger partial charge < -0.3 is 20.3 Å². The molecule has 0 saturated carbocycles. The van der Waals surface area contributed by atoms with Crippen molar-refractivity contribution in [3.05, 3.63) is 54.1 Å². The number of nitrogens with zero attached hydrogens (tertiary/aromatic N) is 1. The maximum Gasteiger partial charge on any atom is 0.414 e. The molecule has 0 aliphatic carbocycles. The lowest BCUT2D eigenvalue weighted by atomic mass is 10.2. The number of cyclic esters (lactones) is 1. The number of rotatable bonds is 5. The van der Waals surface area contributed by atoms with E-state index in [0.29, 0.717) is 23.7 Å². The number of anilines is 2. The summed E-state index contributed by atoms with van der Waals surface area (Å²) < 4.78 is 10.8. The van der Waals surface area contributed by atoms with Gasteiger partial charge in [0.1, 0.15) is 12.4 Å². The van der Waals surface area contributed by atoms with E-state index >= 15 is 0 Å². The van der Waals surface area contributed by atoms with E-state index in [1.54, 1.807) is 36.4 Å². The van der Waals surface area contributed by atoms with Crippen molar-refractivity contribution in [3.63, 3.8) is 0 Å². The van der Waals surface area contributed by atoms with Crippen LogP contribution in [0.25, 0.3) is 0 Å². The zero-order valence-electron chi connectivity index (χ0n) is 13.1. The number of hydrogen-bond acceptors (Lipinski definition) is 5. The monoisotopic (exact) mass is 364 g/mol. The molecule has 1 aliphatic rings. The molecule has 3 N–H and O–H groups in total. The lowest BCUT2D eigenvalue weighted by Gasteiger charge is -2.13. The smallest absolute Gasteiger partial charge is 0.414 e. The Morgan fingerprint density at radius 1 is 1.20 bits per heavy atom. The molecule has 132 valence electrons. The number of carboxylic acids is 1. The van der Waals surface area contributed by atoms with Crippen LogP contribution >= 0.6 is 12.4 Å². The Morgan fingerprint density at radius 2 is 1.84 bits per heavy atom. The molecular weight excluding hydrogens is 348 g/mol. The second kappa shape index (κ2) is 7.76. The number of hydrogen-bond donors (Lipinski definition) is 2. The molecule has 3 rings (SSSR count). The van der Waals surface area contributed by atoms with Crippen molar-refractivity contribution in [2.24, 2.45) is 0 Å². The molecular formula is C17H17ClN2O5. The highest BCUT2D eigenvalue weighted by Crippen LogP contribution is 2.23. The first-order valence-electron chi connectivity index (χ1n) is 7.33. The number of halogens is 1. The van der Waals surface area contributed by atoms with Gasteiger partial charge in [0.15, 0.2) is 6.10 Å². The fourth-order valence-corrected chi connectivity index (χ4v) is 2.36. The van der Waals surface area contributed by atoms with Crippen LogP contribution in [0.4, 0.5) is 16.2 Å². The molecule has 8 heteroatoms. The van der Waals surface area contributed by atoms with E-state index in [1.165, 1.54) is 17.0 Å². The van der Waals surface area contributed by atoms with Crippen molar-refractivity contribution in [1.82, 2.24) is 0 Å². The number of carboxylic acid groups (broad SMARTS) is 1. The molecule has 1 heterocycles. The molecule has 1 atom stereocenters. The van der Waals surface area contributed by atoms with Crippen molar-refractivity contribution in [3.8, 4) is 5.75 Å². The van der Waals surface area contributed by atoms with Crippen molar-refractivity contribution in [2.45, 2.75) is 6.10 Å². The van der Waals surface area contributed by atoms with Crippen LogP contribution in [0.15, 0.2) is 48.5 Å². The van der Waals surface area contributed by atoms with Gasteiger partial charge in [-0.25, -0.2) is 9.59 Å². The molecule has 1 fully saturated rings. The Hall–Kier alpha value is -2.93. The molecule has 2 aromatic carbocycles.